The summed E-state index contributed by atoms with van der Waals surface area (Å²) in [5.74, 6) is 0.167. The van der Waals surface area contributed by atoms with Crippen LogP contribution < -0.4 is 4.74 Å². The lowest BCUT2D eigenvalue weighted by atomic mass is 10.2. The van der Waals surface area contributed by atoms with Gasteiger partial charge in [-0.05, 0) is 31.2 Å². The van der Waals surface area contributed by atoms with Gasteiger partial charge in [0.15, 0.2) is 5.75 Å². The van der Waals surface area contributed by atoms with Crippen LogP contribution in [0.15, 0.2) is 42.1 Å². The fourth-order valence-electron chi connectivity index (χ4n) is 1.89. The highest BCUT2D eigenvalue weighted by Crippen LogP contribution is 2.31. The highest BCUT2D eigenvalue weighted by atomic mass is 35.5. The molecule has 1 aliphatic rings. The van der Waals surface area contributed by atoms with Crippen molar-refractivity contribution in [1.29, 1.82) is 0 Å². The van der Waals surface area contributed by atoms with E-state index in [2.05, 4.69) is 4.98 Å². The summed E-state index contributed by atoms with van der Waals surface area (Å²) in [7, 11) is 0. The van der Waals surface area contributed by atoms with Crippen LogP contribution in [0.3, 0.4) is 0 Å². The SMILES string of the molecule is CC1=CC(Oc2ccc(Cl)c3cccnc23)OC1=O. The molecule has 0 amide bonds. The van der Waals surface area contributed by atoms with Crippen LogP contribution in [0, 0.1) is 0 Å². The van der Waals surface area contributed by atoms with Crippen molar-refractivity contribution in [2.75, 3.05) is 0 Å². The average Bonchev–Trinajstić information content (AvgIpc) is 2.72. The molecule has 0 fully saturated rings. The highest BCUT2D eigenvalue weighted by molar-refractivity contribution is 6.35. The fourth-order valence-corrected chi connectivity index (χ4v) is 2.11. The number of esters is 1. The Labute approximate surface area is 114 Å². The molecule has 19 heavy (non-hydrogen) atoms. The molecule has 0 spiro atoms. The van der Waals surface area contributed by atoms with Crippen molar-refractivity contribution in [1.82, 2.24) is 4.98 Å². The zero-order valence-corrected chi connectivity index (χ0v) is 10.8. The van der Waals surface area contributed by atoms with Gasteiger partial charge in [-0.3, -0.25) is 4.98 Å². The van der Waals surface area contributed by atoms with Gasteiger partial charge in [-0.2, -0.15) is 0 Å². The van der Waals surface area contributed by atoms with Crippen molar-refractivity contribution in [3.05, 3.63) is 47.1 Å². The van der Waals surface area contributed by atoms with E-state index in [1.807, 2.05) is 6.07 Å². The maximum atomic E-state index is 11.3. The molecule has 4 nitrogen and oxygen atoms in total. The van der Waals surface area contributed by atoms with Crippen LogP contribution in [0.5, 0.6) is 5.75 Å². The molecule has 1 aromatic heterocycles. The maximum Gasteiger partial charge on any atom is 0.336 e. The fraction of sp³-hybridized carbons (Fsp3) is 0.143. The Hall–Kier alpha value is -2.07. The second kappa shape index (κ2) is 4.55. The molecule has 96 valence electrons. The maximum absolute atomic E-state index is 11.3. The Bertz CT molecular complexity index is 696. The van der Waals surface area contributed by atoms with Gasteiger partial charge in [-0.1, -0.05) is 11.6 Å². The zero-order valence-electron chi connectivity index (χ0n) is 10.1. The molecule has 5 heteroatoms. The standard InChI is InChI=1S/C14H10ClNO3/c1-8-7-12(19-14(8)17)18-11-5-4-10(15)9-3-2-6-16-13(9)11/h2-7,12H,1H3. The van der Waals surface area contributed by atoms with E-state index in [0.717, 1.165) is 5.39 Å². The number of cyclic esters (lactones) is 1. The van der Waals surface area contributed by atoms with Crippen molar-refractivity contribution >= 4 is 28.5 Å². The molecular formula is C14H10ClNO3. The molecule has 0 saturated carbocycles. The number of rotatable bonds is 2. The van der Waals surface area contributed by atoms with E-state index in [-0.39, 0.29) is 5.97 Å². The first kappa shape index (κ1) is 12.0. The topological polar surface area (TPSA) is 48.4 Å². The van der Waals surface area contributed by atoms with Crippen molar-refractivity contribution in [3.8, 4) is 5.75 Å². The van der Waals surface area contributed by atoms with E-state index < -0.39 is 6.29 Å². The van der Waals surface area contributed by atoms with Crippen molar-refractivity contribution in [2.45, 2.75) is 13.2 Å². The number of aromatic nitrogens is 1. The number of hydrogen-bond acceptors (Lipinski definition) is 4. The van der Waals surface area contributed by atoms with E-state index in [1.165, 1.54) is 0 Å². The molecule has 2 heterocycles. The largest absolute Gasteiger partial charge is 0.449 e. The van der Waals surface area contributed by atoms with Gasteiger partial charge in [0, 0.05) is 23.2 Å². The molecule has 3 rings (SSSR count). The van der Waals surface area contributed by atoms with Gasteiger partial charge < -0.3 is 9.47 Å². The van der Waals surface area contributed by atoms with E-state index >= 15 is 0 Å². The predicted molar refractivity (Wildman–Crippen MR) is 71.0 cm³/mol. The molecule has 0 N–H and O–H groups in total. The lowest BCUT2D eigenvalue weighted by Crippen LogP contribution is -2.15. The summed E-state index contributed by atoms with van der Waals surface area (Å²) in [6, 6.07) is 7.11. The van der Waals surface area contributed by atoms with Crippen molar-refractivity contribution in [3.63, 3.8) is 0 Å². The summed E-state index contributed by atoms with van der Waals surface area (Å²) in [5.41, 5.74) is 1.18. The lowest BCUT2D eigenvalue weighted by molar-refractivity contribution is -0.148. The Morgan fingerprint density at radius 2 is 2.21 bits per heavy atom. The van der Waals surface area contributed by atoms with Crippen LogP contribution >= 0.6 is 11.6 Å². The van der Waals surface area contributed by atoms with Crippen LogP contribution in [0.1, 0.15) is 6.92 Å². The second-order valence-corrected chi connectivity index (χ2v) is 4.59. The molecule has 1 aromatic carbocycles. The van der Waals surface area contributed by atoms with Crippen LogP contribution in [-0.4, -0.2) is 17.2 Å². The Morgan fingerprint density at radius 1 is 1.37 bits per heavy atom. The number of pyridine rings is 1. The summed E-state index contributed by atoms with van der Waals surface area (Å²) in [6.07, 6.45) is 2.58. The first-order valence-corrected chi connectivity index (χ1v) is 6.12. The number of halogens is 1. The third kappa shape index (κ3) is 2.15. The van der Waals surface area contributed by atoms with Gasteiger partial charge in [0.25, 0.3) is 6.29 Å². The summed E-state index contributed by atoms with van der Waals surface area (Å²) in [5, 5.41) is 1.40. The number of carbonyl (C=O) groups excluding carboxylic acids is 1. The van der Waals surface area contributed by atoms with Crippen molar-refractivity contribution < 1.29 is 14.3 Å². The summed E-state index contributed by atoms with van der Waals surface area (Å²) >= 11 is 6.10. The summed E-state index contributed by atoms with van der Waals surface area (Å²) in [4.78, 5) is 15.5. The van der Waals surface area contributed by atoms with E-state index in [0.29, 0.717) is 21.9 Å². The number of nitrogens with zero attached hydrogens (tertiary/aromatic N) is 1. The first-order valence-electron chi connectivity index (χ1n) is 5.74. The molecule has 2 aromatic rings. The Kier molecular flexibility index (Phi) is 2.87. The second-order valence-electron chi connectivity index (χ2n) is 4.19. The highest BCUT2D eigenvalue weighted by Gasteiger charge is 2.24. The van der Waals surface area contributed by atoms with Crippen LogP contribution in [0.4, 0.5) is 0 Å². The summed E-state index contributed by atoms with van der Waals surface area (Å²) in [6.45, 7) is 1.68. The zero-order chi connectivity index (χ0) is 13.4. The molecule has 0 bridgehead atoms. The monoisotopic (exact) mass is 275 g/mol. The van der Waals surface area contributed by atoms with Gasteiger partial charge in [0.1, 0.15) is 5.52 Å². The lowest BCUT2D eigenvalue weighted by Gasteiger charge is -2.13. The van der Waals surface area contributed by atoms with Crippen molar-refractivity contribution in [2.24, 2.45) is 0 Å². The van der Waals surface area contributed by atoms with Crippen LogP contribution in [-0.2, 0) is 9.53 Å². The molecule has 1 atom stereocenters. The minimum atomic E-state index is -0.709. The van der Waals surface area contributed by atoms with Crippen LogP contribution in [0.25, 0.3) is 10.9 Å². The molecule has 1 unspecified atom stereocenters. The van der Waals surface area contributed by atoms with Gasteiger partial charge in [0.2, 0.25) is 0 Å². The predicted octanol–water partition coefficient (Wildman–Crippen LogP) is 3.10. The van der Waals surface area contributed by atoms with E-state index in [9.17, 15) is 4.79 Å². The Balaban J connectivity index is 1.98. The number of fused-ring (bicyclic) bond motifs is 1. The summed E-state index contributed by atoms with van der Waals surface area (Å²) < 4.78 is 10.7. The van der Waals surface area contributed by atoms with Gasteiger partial charge in [-0.15, -0.1) is 0 Å². The molecule has 0 saturated heterocycles. The third-order valence-electron chi connectivity index (χ3n) is 2.85. The number of hydrogen-bond donors (Lipinski definition) is 0. The molecule has 0 aliphatic carbocycles. The van der Waals surface area contributed by atoms with E-state index in [1.54, 1.807) is 37.4 Å². The van der Waals surface area contributed by atoms with Gasteiger partial charge in [-0.25, -0.2) is 4.79 Å². The minimum Gasteiger partial charge on any atom is -0.449 e. The molecule has 1 aliphatic heterocycles. The quantitative estimate of drug-likeness (QED) is 0.790. The smallest absolute Gasteiger partial charge is 0.336 e. The normalized spacial score (nSPS) is 18.3. The Morgan fingerprint density at radius 3 is 2.95 bits per heavy atom. The first-order chi connectivity index (χ1) is 9.15. The number of benzene rings is 1. The number of carbonyl (C=O) groups is 1. The van der Waals surface area contributed by atoms with Gasteiger partial charge >= 0.3 is 5.97 Å². The minimum absolute atomic E-state index is 0.365. The molecule has 0 radical (unpaired) electrons. The average molecular weight is 276 g/mol. The van der Waals surface area contributed by atoms with Gasteiger partial charge in [0.05, 0.1) is 5.02 Å². The van der Waals surface area contributed by atoms with Crippen LogP contribution in [0.2, 0.25) is 5.02 Å². The molecular weight excluding hydrogens is 266 g/mol. The number of ether oxygens (including phenoxy) is 2. The third-order valence-corrected chi connectivity index (χ3v) is 3.18. The van der Waals surface area contributed by atoms with E-state index in [4.69, 9.17) is 21.1 Å².